The highest BCUT2D eigenvalue weighted by Crippen LogP contribution is 2.38. The van der Waals surface area contributed by atoms with Crippen LogP contribution in [0.25, 0.3) is 10.9 Å². The predicted molar refractivity (Wildman–Crippen MR) is 154 cm³/mol. The number of ether oxygens (including phenoxy) is 2. The first-order valence-corrected chi connectivity index (χ1v) is 13.6. The van der Waals surface area contributed by atoms with Crippen molar-refractivity contribution in [3.05, 3.63) is 77.8 Å². The number of pyridine rings is 1. The second kappa shape index (κ2) is 11.6. The van der Waals surface area contributed by atoms with Crippen molar-refractivity contribution >= 4 is 40.1 Å². The lowest BCUT2D eigenvalue weighted by molar-refractivity contribution is -0.0179. The number of rotatable bonds is 7. The van der Waals surface area contributed by atoms with Gasteiger partial charge < -0.3 is 24.8 Å². The molecule has 0 radical (unpaired) electrons. The number of halogens is 1. The van der Waals surface area contributed by atoms with E-state index in [2.05, 4.69) is 20.3 Å². The molecule has 2 aromatic heterocycles. The zero-order valence-corrected chi connectivity index (χ0v) is 23.4. The molecule has 2 aromatic carbocycles. The van der Waals surface area contributed by atoms with Gasteiger partial charge in [-0.3, -0.25) is 4.98 Å². The molecule has 1 saturated heterocycles. The third-order valence-electron chi connectivity index (χ3n) is 6.91. The Hall–Kier alpha value is -4.11. The molecule has 10 heteroatoms. The maximum absolute atomic E-state index is 12.1. The number of likely N-dealkylation sites (tertiary alicyclic amines) is 1. The summed E-state index contributed by atoms with van der Waals surface area (Å²) in [4.78, 5) is 26.8. The van der Waals surface area contributed by atoms with Crippen molar-refractivity contribution in [2.75, 3.05) is 11.9 Å². The summed E-state index contributed by atoms with van der Waals surface area (Å²) in [6.45, 7) is 6.93. The minimum atomic E-state index is -0.929. The lowest BCUT2D eigenvalue weighted by atomic mass is 9.79. The second-order valence-corrected chi connectivity index (χ2v) is 11.2. The topological polar surface area (TPSA) is 110 Å². The van der Waals surface area contributed by atoms with E-state index in [9.17, 15) is 9.90 Å². The number of piperidine rings is 1. The van der Waals surface area contributed by atoms with Gasteiger partial charge in [-0.2, -0.15) is 0 Å². The lowest BCUT2D eigenvalue weighted by Gasteiger charge is -2.46. The molecule has 0 spiro atoms. The maximum Gasteiger partial charge on any atom is 0.407 e. The first-order valence-electron chi connectivity index (χ1n) is 13.2. The maximum atomic E-state index is 12.1. The Morgan fingerprint density at radius 3 is 2.67 bits per heavy atom. The molecule has 1 aliphatic heterocycles. The van der Waals surface area contributed by atoms with Gasteiger partial charge in [0.1, 0.15) is 36.4 Å². The van der Waals surface area contributed by atoms with E-state index < -0.39 is 6.09 Å². The van der Waals surface area contributed by atoms with Crippen LogP contribution in [0.3, 0.4) is 0 Å². The Balaban J connectivity index is 1.41. The second-order valence-electron chi connectivity index (χ2n) is 10.8. The van der Waals surface area contributed by atoms with Gasteiger partial charge in [-0.1, -0.05) is 44.5 Å². The molecule has 4 aromatic rings. The number of aromatic nitrogens is 3. The number of amides is 1. The van der Waals surface area contributed by atoms with Crippen molar-refractivity contribution in [2.45, 2.75) is 52.4 Å². The zero-order valence-electron chi connectivity index (χ0n) is 22.7. The third-order valence-corrected chi connectivity index (χ3v) is 7.20. The van der Waals surface area contributed by atoms with E-state index in [1.165, 1.54) is 11.2 Å². The van der Waals surface area contributed by atoms with E-state index in [0.29, 0.717) is 52.1 Å². The van der Waals surface area contributed by atoms with Gasteiger partial charge >= 0.3 is 6.09 Å². The number of nitrogens with zero attached hydrogens (tertiary/aromatic N) is 4. The lowest BCUT2D eigenvalue weighted by Crippen LogP contribution is -2.58. The molecular formula is C30H32ClN5O4. The average molecular weight is 562 g/mol. The highest BCUT2D eigenvalue weighted by molar-refractivity contribution is 6.32. The SMILES string of the molecule is CC(C)(C)C1[C@@H](Oc2cccc3ncnc(Nc4ccc(OCc5ccccn5)c(Cl)c4)c23)CCCN1C(=O)O. The number of fused-ring (bicyclic) bond motifs is 1. The number of anilines is 2. The van der Waals surface area contributed by atoms with Crippen LogP contribution in [0.2, 0.25) is 5.02 Å². The monoisotopic (exact) mass is 561 g/mol. The Morgan fingerprint density at radius 1 is 1.10 bits per heavy atom. The van der Waals surface area contributed by atoms with E-state index in [-0.39, 0.29) is 17.6 Å². The van der Waals surface area contributed by atoms with Gasteiger partial charge in [-0.25, -0.2) is 14.8 Å². The number of benzene rings is 2. The van der Waals surface area contributed by atoms with Crippen LogP contribution in [0.4, 0.5) is 16.3 Å². The van der Waals surface area contributed by atoms with Crippen LogP contribution in [0.1, 0.15) is 39.3 Å². The number of carbonyl (C=O) groups is 1. The van der Waals surface area contributed by atoms with Crippen molar-refractivity contribution in [3.8, 4) is 11.5 Å². The Morgan fingerprint density at radius 2 is 1.95 bits per heavy atom. The summed E-state index contributed by atoms with van der Waals surface area (Å²) in [5.41, 5.74) is 1.91. The molecule has 0 aliphatic carbocycles. The molecule has 40 heavy (non-hydrogen) atoms. The molecule has 0 bridgehead atoms. The summed E-state index contributed by atoms with van der Waals surface area (Å²) in [7, 11) is 0. The van der Waals surface area contributed by atoms with Crippen molar-refractivity contribution in [1.29, 1.82) is 0 Å². The first-order chi connectivity index (χ1) is 19.2. The molecule has 9 nitrogen and oxygen atoms in total. The largest absolute Gasteiger partial charge is 0.487 e. The van der Waals surface area contributed by atoms with Crippen LogP contribution in [0.5, 0.6) is 11.5 Å². The van der Waals surface area contributed by atoms with Crippen molar-refractivity contribution in [3.63, 3.8) is 0 Å². The zero-order chi connectivity index (χ0) is 28.3. The van der Waals surface area contributed by atoms with Crippen LogP contribution < -0.4 is 14.8 Å². The fourth-order valence-electron chi connectivity index (χ4n) is 5.23. The van der Waals surface area contributed by atoms with Crippen LogP contribution in [0, 0.1) is 5.41 Å². The predicted octanol–water partition coefficient (Wildman–Crippen LogP) is 6.94. The highest BCUT2D eigenvalue weighted by Gasteiger charge is 2.43. The molecule has 208 valence electrons. The molecule has 0 saturated carbocycles. The molecule has 3 heterocycles. The van der Waals surface area contributed by atoms with Gasteiger partial charge in [0.15, 0.2) is 0 Å². The van der Waals surface area contributed by atoms with Crippen LogP contribution in [-0.4, -0.2) is 49.7 Å². The standard InChI is InChI=1S/C30H32ClN5O4/c1-30(2,3)27-25(11-7-15-36(27)29(37)38)40-24-10-6-9-22-26(24)28(34-18-33-22)35-19-12-13-23(21(31)16-19)39-17-20-8-4-5-14-32-20/h4-6,8-10,12-14,16,18,25,27H,7,11,15,17H2,1-3H3,(H,37,38)(H,33,34,35)/t25-,27?/m0/s1. The summed E-state index contributed by atoms with van der Waals surface area (Å²) in [5, 5.41) is 14.4. The number of nitrogens with one attached hydrogen (secondary N) is 1. The molecule has 1 unspecified atom stereocenters. The van der Waals surface area contributed by atoms with E-state index in [1.54, 1.807) is 18.3 Å². The van der Waals surface area contributed by atoms with Crippen LogP contribution in [0.15, 0.2) is 67.1 Å². The fraction of sp³-hybridized carbons (Fsp3) is 0.333. The van der Waals surface area contributed by atoms with E-state index in [0.717, 1.165) is 18.5 Å². The normalized spacial score (nSPS) is 17.4. The molecule has 5 rings (SSSR count). The number of hydrogen-bond acceptors (Lipinski definition) is 7. The van der Waals surface area contributed by atoms with Gasteiger partial charge in [-0.05, 0) is 60.7 Å². The fourth-order valence-corrected chi connectivity index (χ4v) is 5.46. The summed E-state index contributed by atoms with van der Waals surface area (Å²) < 4.78 is 12.5. The van der Waals surface area contributed by atoms with E-state index in [4.69, 9.17) is 21.1 Å². The highest BCUT2D eigenvalue weighted by atomic mass is 35.5. The smallest absolute Gasteiger partial charge is 0.407 e. The Labute approximate surface area is 238 Å². The Bertz CT molecular complexity index is 1490. The molecule has 1 aliphatic rings. The number of hydrogen-bond donors (Lipinski definition) is 2. The van der Waals surface area contributed by atoms with Gasteiger partial charge in [0.25, 0.3) is 0 Å². The van der Waals surface area contributed by atoms with Gasteiger partial charge in [0.2, 0.25) is 0 Å². The molecule has 2 N–H and O–H groups in total. The molecule has 2 atom stereocenters. The average Bonchev–Trinajstić information content (AvgIpc) is 2.92. The van der Waals surface area contributed by atoms with E-state index >= 15 is 0 Å². The minimum absolute atomic E-state index is 0.306. The summed E-state index contributed by atoms with van der Waals surface area (Å²) >= 11 is 6.54. The number of carboxylic acid groups (broad SMARTS) is 1. The molecule has 1 amide bonds. The Kier molecular flexibility index (Phi) is 7.93. The van der Waals surface area contributed by atoms with Gasteiger partial charge in [0, 0.05) is 18.4 Å². The van der Waals surface area contributed by atoms with Gasteiger partial charge in [0.05, 0.1) is 27.7 Å². The van der Waals surface area contributed by atoms with Crippen molar-refractivity contribution in [2.24, 2.45) is 5.41 Å². The minimum Gasteiger partial charge on any atom is -0.487 e. The van der Waals surface area contributed by atoms with Crippen LogP contribution >= 0.6 is 11.6 Å². The molecular weight excluding hydrogens is 530 g/mol. The first kappa shape index (κ1) is 27.5. The van der Waals surface area contributed by atoms with Crippen molar-refractivity contribution < 1.29 is 19.4 Å². The van der Waals surface area contributed by atoms with Gasteiger partial charge in [-0.15, -0.1) is 0 Å². The quantitative estimate of drug-likeness (QED) is 0.250. The summed E-state index contributed by atoms with van der Waals surface area (Å²) in [6.07, 6.45) is 3.43. The van der Waals surface area contributed by atoms with Crippen molar-refractivity contribution in [1.82, 2.24) is 19.9 Å². The summed E-state index contributed by atoms with van der Waals surface area (Å²) in [6, 6.07) is 16.4. The summed E-state index contributed by atoms with van der Waals surface area (Å²) in [5.74, 6) is 1.69. The van der Waals surface area contributed by atoms with Crippen LogP contribution in [-0.2, 0) is 6.61 Å². The van der Waals surface area contributed by atoms with E-state index in [1.807, 2.05) is 63.2 Å². The molecule has 1 fully saturated rings. The third kappa shape index (κ3) is 6.04.